The lowest BCUT2D eigenvalue weighted by molar-refractivity contribution is 0.0754. The van der Waals surface area contributed by atoms with E-state index in [1.807, 2.05) is 4.90 Å². The van der Waals surface area contributed by atoms with E-state index in [9.17, 15) is 9.90 Å². The van der Waals surface area contributed by atoms with Crippen molar-refractivity contribution in [1.29, 1.82) is 0 Å². The monoisotopic (exact) mass is 322 g/mol. The molecule has 0 aromatic heterocycles. The summed E-state index contributed by atoms with van der Waals surface area (Å²) in [5.74, 6) is -0.117. The minimum atomic E-state index is -0.0868. The van der Waals surface area contributed by atoms with Gasteiger partial charge in [-0.1, -0.05) is 11.6 Å². The third-order valence-electron chi connectivity index (χ3n) is 4.83. The molecule has 0 spiro atoms. The summed E-state index contributed by atoms with van der Waals surface area (Å²) >= 11 is 5.83. The molecule has 2 aliphatic rings. The van der Waals surface area contributed by atoms with Crippen LogP contribution in [0.4, 0.5) is 0 Å². The van der Waals surface area contributed by atoms with Gasteiger partial charge in [-0.05, 0) is 63.4 Å². The highest BCUT2D eigenvalue weighted by molar-refractivity contribution is 6.30. The van der Waals surface area contributed by atoms with Crippen LogP contribution in [0.5, 0.6) is 5.75 Å². The minimum absolute atomic E-state index is 0.0298. The Kier molecular flexibility index (Phi) is 4.89. The standard InChI is InChI=1S/C17H23ClN2O2/c18-13-5-6-15(16(21)12-13)17(22)20-10-3-4-14(7-11-20)19-8-1-2-9-19/h5-6,12,14,21H,1-4,7-11H2/t14-/m1/s1. The molecule has 0 unspecified atom stereocenters. The summed E-state index contributed by atoms with van der Waals surface area (Å²) in [5.41, 5.74) is 0.351. The van der Waals surface area contributed by atoms with Crippen molar-refractivity contribution in [3.05, 3.63) is 28.8 Å². The Labute approximate surface area is 136 Å². The number of hydrogen-bond donors (Lipinski definition) is 1. The number of nitrogens with zero attached hydrogens (tertiary/aromatic N) is 2. The van der Waals surface area contributed by atoms with E-state index in [0.29, 0.717) is 16.6 Å². The predicted octanol–water partition coefficient (Wildman–Crippen LogP) is 3.14. The summed E-state index contributed by atoms with van der Waals surface area (Å²) < 4.78 is 0. The number of phenolic OH excluding ortho intramolecular Hbond substituents is 1. The summed E-state index contributed by atoms with van der Waals surface area (Å²) in [6.07, 6.45) is 5.83. The number of carbonyl (C=O) groups excluding carboxylic acids is 1. The largest absolute Gasteiger partial charge is 0.507 e. The Morgan fingerprint density at radius 3 is 2.59 bits per heavy atom. The van der Waals surface area contributed by atoms with E-state index >= 15 is 0 Å². The molecule has 1 amide bonds. The van der Waals surface area contributed by atoms with Gasteiger partial charge in [0.15, 0.2) is 0 Å². The van der Waals surface area contributed by atoms with Gasteiger partial charge in [0.2, 0.25) is 0 Å². The molecule has 4 nitrogen and oxygen atoms in total. The normalized spacial score (nSPS) is 23.5. The van der Waals surface area contributed by atoms with Crippen molar-refractivity contribution < 1.29 is 9.90 Å². The number of carbonyl (C=O) groups is 1. The first kappa shape index (κ1) is 15.6. The number of amides is 1. The summed E-state index contributed by atoms with van der Waals surface area (Å²) in [5, 5.41) is 10.4. The van der Waals surface area contributed by atoms with Crippen molar-refractivity contribution in [1.82, 2.24) is 9.80 Å². The number of phenols is 1. The Morgan fingerprint density at radius 2 is 1.86 bits per heavy atom. The Morgan fingerprint density at radius 1 is 1.09 bits per heavy atom. The third-order valence-corrected chi connectivity index (χ3v) is 5.07. The number of aromatic hydroxyl groups is 1. The van der Waals surface area contributed by atoms with E-state index in [1.165, 1.54) is 32.0 Å². The maximum absolute atomic E-state index is 12.6. The van der Waals surface area contributed by atoms with Crippen molar-refractivity contribution in [3.8, 4) is 5.75 Å². The minimum Gasteiger partial charge on any atom is -0.507 e. The molecule has 5 heteroatoms. The van der Waals surface area contributed by atoms with Gasteiger partial charge in [-0.2, -0.15) is 0 Å². The number of benzene rings is 1. The topological polar surface area (TPSA) is 43.8 Å². The number of halogens is 1. The first-order valence-electron chi connectivity index (χ1n) is 8.17. The van der Waals surface area contributed by atoms with Gasteiger partial charge in [0.25, 0.3) is 5.91 Å². The van der Waals surface area contributed by atoms with Crippen LogP contribution >= 0.6 is 11.6 Å². The molecule has 1 N–H and O–H groups in total. The van der Waals surface area contributed by atoms with Gasteiger partial charge >= 0.3 is 0 Å². The highest BCUT2D eigenvalue weighted by Crippen LogP contribution is 2.26. The number of rotatable bonds is 2. The zero-order valence-corrected chi connectivity index (χ0v) is 13.6. The average molecular weight is 323 g/mol. The van der Waals surface area contributed by atoms with Gasteiger partial charge < -0.3 is 14.9 Å². The highest BCUT2D eigenvalue weighted by Gasteiger charge is 2.27. The lowest BCUT2D eigenvalue weighted by atomic mass is 10.1. The Bertz CT molecular complexity index is 543. The molecule has 0 saturated carbocycles. The Balaban J connectivity index is 1.66. The zero-order valence-electron chi connectivity index (χ0n) is 12.8. The van der Waals surface area contributed by atoms with Gasteiger partial charge in [-0.15, -0.1) is 0 Å². The zero-order chi connectivity index (χ0) is 15.5. The van der Waals surface area contributed by atoms with E-state index in [4.69, 9.17) is 11.6 Å². The highest BCUT2D eigenvalue weighted by atomic mass is 35.5. The van der Waals surface area contributed by atoms with Crippen LogP contribution in [0.15, 0.2) is 18.2 Å². The summed E-state index contributed by atoms with van der Waals surface area (Å²) in [7, 11) is 0. The molecule has 22 heavy (non-hydrogen) atoms. The molecule has 120 valence electrons. The van der Waals surface area contributed by atoms with Gasteiger partial charge in [0, 0.05) is 24.2 Å². The predicted molar refractivity (Wildman–Crippen MR) is 87.5 cm³/mol. The van der Waals surface area contributed by atoms with Gasteiger partial charge in [-0.25, -0.2) is 0 Å². The maximum atomic E-state index is 12.6. The fourth-order valence-corrected chi connectivity index (χ4v) is 3.78. The smallest absolute Gasteiger partial charge is 0.257 e. The lowest BCUT2D eigenvalue weighted by Crippen LogP contribution is -2.35. The molecule has 0 bridgehead atoms. The van der Waals surface area contributed by atoms with Gasteiger partial charge in [0.1, 0.15) is 5.75 Å². The van der Waals surface area contributed by atoms with Crippen molar-refractivity contribution in [2.75, 3.05) is 26.2 Å². The maximum Gasteiger partial charge on any atom is 0.257 e. The lowest BCUT2D eigenvalue weighted by Gasteiger charge is -2.26. The van der Waals surface area contributed by atoms with Gasteiger partial charge in [0.05, 0.1) is 5.56 Å². The van der Waals surface area contributed by atoms with E-state index in [2.05, 4.69) is 4.90 Å². The fraction of sp³-hybridized carbons (Fsp3) is 0.588. The van der Waals surface area contributed by atoms with Crippen molar-refractivity contribution in [2.45, 2.75) is 38.1 Å². The van der Waals surface area contributed by atoms with E-state index in [0.717, 1.165) is 32.4 Å². The summed E-state index contributed by atoms with van der Waals surface area (Å²) in [4.78, 5) is 17.1. The van der Waals surface area contributed by atoms with Crippen LogP contribution in [-0.2, 0) is 0 Å². The van der Waals surface area contributed by atoms with Crippen LogP contribution in [0.1, 0.15) is 42.5 Å². The fourth-order valence-electron chi connectivity index (χ4n) is 3.61. The molecule has 2 saturated heterocycles. The molecule has 3 rings (SSSR count). The van der Waals surface area contributed by atoms with E-state index in [1.54, 1.807) is 12.1 Å². The molecule has 1 aromatic carbocycles. The molecule has 0 aliphatic carbocycles. The van der Waals surface area contributed by atoms with Crippen LogP contribution in [0.2, 0.25) is 5.02 Å². The summed E-state index contributed by atoms with van der Waals surface area (Å²) in [6.45, 7) is 3.94. The second-order valence-corrected chi connectivity index (χ2v) is 6.72. The Hall–Kier alpha value is -1.26. The summed E-state index contributed by atoms with van der Waals surface area (Å²) in [6, 6.07) is 5.31. The van der Waals surface area contributed by atoms with Crippen molar-refractivity contribution in [2.24, 2.45) is 0 Å². The molecular weight excluding hydrogens is 300 g/mol. The second kappa shape index (κ2) is 6.88. The molecule has 2 aliphatic heterocycles. The molecule has 1 atom stereocenters. The van der Waals surface area contributed by atoms with Crippen molar-refractivity contribution in [3.63, 3.8) is 0 Å². The SMILES string of the molecule is O=C(c1ccc(Cl)cc1O)N1CCC[C@@H](N2CCCC2)CC1. The third kappa shape index (κ3) is 3.39. The molecule has 0 radical (unpaired) electrons. The van der Waals surface area contributed by atoms with E-state index < -0.39 is 0 Å². The molecule has 2 fully saturated rings. The number of likely N-dealkylation sites (tertiary alicyclic amines) is 2. The van der Waals surface area contributed by atoms with Gasteiger partial charge in [-0.3, -0.25) is 4.79 Å². The van der Waals surface area contributed by atoms with Crippen molar-refractivity contribution >= 4 is 17.5 Å². The van der Waals surface area contributed by atoms with Crippen LogP contribution in [0, 0.1) is 0 Å². The second-order valence-electron chi connectivity index (χ2n) is 6.28. The average Bonchev–Trinajstić information content (AvgIpc) is 2.91. The number of hydrogen-bond acceptors (Lipinski definition) is 3. The molecular formula is C17H23ClN2O2. The first-order chi connectivity index (χ1) is 10.6. The molecule has 2 heterocycles. The van der Waals surface area contributed by atoms with Crippen LogP contribution in [0.25, 0.3) is 0 Å². The first-order valence-corrected chi connectivity index (χ1v) is 8.55. The quantitative estimate of drug-likeness (QED) is 0.909. The van der Waals surface area contributed by atoms with Crippen LogP contribution in [0.3, 0.4) is 0 Å². The van der Waals surface area contributed by atoms with Crippen LogP contribution < -0.4 is 0 Å². The van der Waals surface area contributed by atoms with Crippen LogP contribution in [-0.4, -0.2) is 53.0 Å². The molecule has 1 aromatic rings. The van der Waals surface area contributed by atoms with E-state index in [-0.39, 0.29) is 11.7 Å².